The van der Waals surface area contributed by atoms with Crippen LogP contribution in [0.5, 0.6) is 0 Å². The average Bonchev–Trinajstić information content (AvgIpc) is 3.14. The van der Waals surface area contributed by atoms with E-state index in [1.54, 1.807) is 0 Å². The normalized spacial score (nSPS) is 11.8. The summed E-state index contributed by atoms with van der Waals surface area (Å²) in [5.41, 5.74) is 5.97. The van der Waals surface area contributed by atoms with Gasteiger partial charge in [0.2, 0.25) is 0 Å². The molecule has 0 radical (unpaired) electrons. The maximum absolute atomic E-state index is 4.29. The molecule has 0 amide bonds. The average molecular weight is 538 g/mol. The molecule has 0 saturated carbocycles. The van der Waals surface area contributed by atoms with Crippen molar-refractivity contribution in [1.29, 1.82) is 0 Å². The molecule has 34 heavy (non-hydrogen) atoms. The van der Waals surface area contributed by atoms with Crippen LogP contribution in [0.25, 0.3) is 11.1 Å². The molecule has 0 aliphatic heterocycles. The molecule has 5 heteroatoms. The summed E-state index contributed by atoms with van der Waals surface area (Å²) in [5, 5.41) is 3.05. The van der Waals surface area contributed by atoms with E-state index in [-0.39, 0.29) is 30.4 Å². The fraction of sp³-hybridized carbons (Fsp3) is 0.172. The van der Waals surface area contributed by atoms with Gasteiger partial charge in [-0.3, -0.25) is 0 Å². The smallest absolute Gasteiger partial charge is 1.00 e. The predicted molar refractivity (Wildman–Crippen MR) is 135 cm³/mol. The van der Waals surface area contributed by atoms with Crippen molar-refractivity contribution in [2.24, 2.45) is 0 Å². The minimum Gasteiger partial charge on any atom is -1.00 e. The molecular weight excluding hydrogens is 509 g/mol. The molecule has 0 unspecified atom stereocenters. The predicted octanol–water partition coefficient (Wildman–Crippen LogP) is -0.508. The topological polar surface area (TPSA) is 12.0 Å². The fourth-order valence-electron chi connectivity index (χ4n) is 4.84. The summed E-state index contributed by atoms with van der Waals surface area (Å²) in [5.74, 6) is 0. The summed E-state index contributed by atoms with van der Waals surface area (Å²) >= 11 is -1.98. The zero-order chi connectivity index (χ0) is 22.1. The Morgan fingerprint density at radius 2 is 0.971 bits per heavy atom. The standard InChI is InChI=1S/C13H9.C12H10Si.C4H10N.2ClH.Ti/c1-3-7-12-10(5-1)9-11-6-2-4-8-13(11)12;1-3-7-11(8-4-1)13-12-9-5-2-6-10-12;1-4(2,3)5;;;/h1-9H;1-10H;5H,1-3H3;2*1H;/q;;-1;;;+3/p-2. The summed E-state index contributed by atoms with van der Waals surface area (Å²) in [6, 6.07) is 40.8. The molecule has 0 heterocycles. The van der Waals surface area contributed by atoms with Crippen molar-refractivity contribution in [2.45, 2.75) is 30.5 Å². The van der Waals surface area contributed by atoms with Crippen LogP contribution in [0.2, 0.25) is 0 Å². The third-order valence-electron chi connectivity index (χ3n) is 6.03. The molecule has 1 aliphatic rings. The monoisotopic (exact) mass is 537 g/mol. The first-order valence-electron chi connectivity index (χ1n) is 11.3. The molecule has 0 spiro atoms. The van der Waals surface area contributed by atoms with E-state index in [4.69, 9.17) is 0 Å². The Balaban J connectivity index is 0.00000162. The van der Waals surface area contributed by atoms with Gasteiger partial charge < -0.3 is 24.8 Å². The fourth-order valence-corrected chi connectivity index (χ4v) is 19.7. The molecule has 0 atom stereocenters. The first kappa shape index (κ1) is 26.9. The van der Waals surface area contributed by atoms with E-state index in [1.165, 1.54) is 32.6 Å². The van der Waals surface area contributed by atoms with E-state index in [0.717, 1.165) is 0 Å². The molecular formula is C29H29Cl2NSiTi. The van der Waals surface area contributed by atoms with Crippen LogP contribution in [-0.4, -0.2) is 11.7 Å². The Morgan fingerprint density at radius 1 is 0.588 bits per heavy atom. The van der Waals surface area contributed by atoms with Gasteiger partial charge in [-0.2, -0.15) is 0 Å². The molecule has 4 aromatic carbocycles. The van der Waals surface area contributed by atoms with Gasteiger partial charge in [0, 0.05) is 0 Å². The third kappa shape index (κ3) is 5.44. The minimum atomic E-state index is -1.98. The van der Waals surface area contributed by atoms with E-state index in [9.17, 15) is 0 Å². The van der Waals surface area contributed by atoms with Crippen LogP contribution in [-0.2, 0) is 16.9 Å². The number of benzene rings is 4. The van der Waals surface area contributed by atoms with Gasteiger partial charge >= 0.3 is 199 Å². The van der Waals surface area contributed by atoms with Crippen LogP contribution >= 0.6 is 0 Å². The molecule has 0 saturated heterocycles. The third-order valence-corrected chi connectivity index (χ3v) is 18.8. The van der Waals surface area contributed by atoms with Gasteiger partial charge in [-0.1, -0.05) is 0 Å². The largest absolute Gasteiger partial charge is 1.00 e. The van der Waals surface area contributed by atoms with Crippen molar-refractivity contribution >= 4 is 16.6 Å². The number of halogens is 2. The van der Waals surface area contributed by atoms with Crippen LogP contribution in [0, 0.1) is 0 Å². The second-order valence-electron chi connectivity index (χ2n) is 9.50. The van der Waals surface area contributed by atoms with E-state index < -0.39 is 23.0 Å². The molecule has 172 valence electrons. The Morgan fingerprint density at radius 3 is 1.38 bits per heavy atom. The van der Waals surface area contributed by atoms with Crippen molar-refractivity contribution in [1.82, 2.24) is 3.80 Å². The summed E-state index contributed by atoms with van der Waals surface area (Å²) in [7, 11) is 0. The zero-order valence-corrected chi connectivity index (χ0v) is 23.8. The number of hydrogen-bond acceptors (Lipinski definition) is 1. The maximum Gasteiger partial charge on any atom is -1.00 e. The molecule has 0 aromatic heterocycles. The number of nitrogens with one attached hydrogen (secondary N) is 1. The summed E-state index contributed by atoms with van der Waals surface area (Å²) < 4.78 is 4.77. The number of rotatable bonds is 4. The zero-order valence-electron chi connectivity index (χ0n) is 19.7. The van der Waals surface area contributed by atoms with E-state index in [1.807, 2.05) is 0 Å². The van der Waals surface area contributed by atoms with E-state index in [0.29, 0.717) is 4.22 Å². The molecule has 5 rings (SSSR count). The van der Waals surface area contributed by atoms with Gasteiger partial charge in [0.15, 0.2) is 0 Å². The van der Waals surface area contributed by atoms with Crippen molar-refractivity contribution in [2.75, 3.05) is 0 Å². The van der Waals surface area contributed by atoms with Crippen LogP contribution in [0.1, 0.15) is 36.1 Å². The first-order valence-corrected chi connectivity index (χ1v) is 16.9. The first-order chi connectivity index (χ1) is 15.5. The van der Waals surface area contributed by atoms with E-state index in [2.05, 4.69) is 134 Å². The van der Waals surface area contributed by atoms with Gasteiger partial charge in [-0.05, 0) is 0 Å². The summed E-state index contributed by atoms with van der Waals surface area (Å²) in [6.07, 6.45) is -0.982. The van der Waals surface area contributed by atoms with Gasteiger partial charge in [-0.15, -0.1) is 0 Å². The van der Waals surface area contributed by atoms with Crippen molar-refractivity contribution in [3.05, 3.63) is 120 Å². The molecule has 1 nitrogen and oxygen atoms in total. The Labute approximate surface area is 222 Å². The van der Waals surface area contributed by atoms with Crippen molar-refractivity contribution in [3.8, 4) is 11.1 Å². The Bertz CT molecular complexity index is 1200. The molecule has 4 aromatic rings. The Kier molecular flexibility index (Phi) is 9.03. The van der Waals surface area contributed by atoms with Crippen LogP contribution < -0.4 is 39.0 Å². The van der Waals surface area contributed by atoms with Gasteiger partial charge in [-0.25, -0.2) is 0 Å². The minimum absolute atomic E-state index is 0. The Hall–Kier alpha value is -1.65. The summed E-state index contributed by atoms with van der Waals surface area (Å²) in [4.78, 5) is 0. The van der Waals surface area contributed by atoms with Crippen molar-refractivity contribution < 1.29 is 41.7 Å². The number of fused-ring (bicyclic) bond motifs is 3. The van der Waals surface area contributed by atoms with Crippen LogP contribution in [0.3, 0.4) is 0 Å². The van der Waals surface area contributed by atoms with Crippen LogP contribution in [0.15, 0.2) is 109 Å². The molecule has 0 fully saturated rings. The maximum atomic E-state index is 4.29. The van der Waals surface area contributed by atoms with E-state index >= 15 is 0 Å². The van der Waals surface area contributed by atoms with Crippen molar-refractivity contribution in [3.63, 3.8) is 0 Å². The van der Waals surface area contributed by atoms with Gasteiger partial charge in [0.1, 0.15) is 0 Å². The molecule has 1 aliphatic carbocycles. The molecule has 0 bridgehead atoms. The quantitative estimate of drug-likeness (QED) is 0.346. The second-order valence-corrected chi connectivity index (χ2v) is 18.6. The second kappa shape index (κ2) is 11.4. The SMILES string of the molecule is CC(C)(C)[NH][Ti+2]([CH]1c2ccccc2-c2ccccc21)=[Si](c1ccccc1)c1ccccc1.[Cl-].[Cl-]. The molecule has 1 N–H and O–H groups in total. The van der Waals surface area contributed by atoms with Gasteiger partial charge in [0.25, 0.3) is 0 Å². The number of hydrogen-bond donors (Lipinski definition) is 1. The van der Waals surface area contributed by atoms with Crippen LogP contribution in [0.4, 0.5) is 0 Å². The van der Waals surface area contributed by atoms with Gasteiger partial charge in [0.05, 0.1) is 0 Å². The summed E-state index contributed by atoms with van der Waals surface area (Å²) in [6.45, 7) is 7.01.